The van der Waals surface area contributed by atoms with E-state index in [9.17, 15) is 4.79 Å². The lowest BCUT2D eigenvalue weighted by molar-refractivity contribution is 0.0619. The van der Waals surface area contributed by atoms with Gasteiger partial charge in [0, 0.05) is 38.3 Å². The fourth-order valence-corrected chi connectivity index (χ4v) is 2.98. The molecule has 0 atom stereocenters. The normalized spacial score (nSPS) is 16.0. The Hall–Kier alpha value is -2.21. The molecule has 0 spiro atoms. The van der Waals surface area contributed by atoms with Gasteiger partial charge in [-0.05, 0) is 5.92 Å². The summed E-state index contributed by atoms with van der Waals surface area (Å²) in [5.74, 6) is 0.610. The van der Waals surface area contributed by atoms with Gasteiger partial charge in [0.25, 0.3) is 5.91 Å². The first-order valence-electron chi connectivity index (χ1n) is 8.13. The Bertz CT molecular complexity index is 644. The first-order valence-corrected chi connectivity index (χ1v) is 8.13. The lowest BCUT2D eigenvalue weighted by atomic mass is 10.1. The number of aromatic amines is 1. The average molecular weight is 313 g/mol. The van der Waals surface area contributed by atoms with Crippen LogP contribution in [-0.2, 0) is 0 Å². The van der Waals surface area contributed by atoms with Gasteiger partial charge in [-0.25, -0.2) is 0 Å². The van der Waals surface area contributed by atoms with Gasteiger partial charge in [0.2, 0.25) is 0 Å². The van der Waals surface area contributed by atoms with Gasteiger partial charge in [-0.1, -0.05) is 44.2 Å². The molecule has 1 aromatic carbocycles. The van der Waals surface area contributed by atoms with E-state index >= 15 is 0 Å². The van der Waals surface area contributed by atoms with Crippen LogP contribution >= 0.6 is 0 Å². The van der Waals surface area contributed by atoms with Gasteiger partial charge in [0.05, 0.1) is 0 Å². The molecule has 1 fully saturated rings. The Morgan fingerprint density at radius 3 is 2.48 bits per heavy atom. The van der Waals surface area contributed by atoms with Crippen LogP contribution in [0.4, 0.5) is 0 Å². The molecule has 2 heterocycles. The molecule has 0 saturated carbocycles. The molecule has 0 aliphatic carbocycles. The lowest BCUT2D eigenvalue weighted by Crippen LogP contribution is -2.49. The third-order valence-electron chi connectivity index (χ3n) is 4.08. The van der Waals surface area contributed by atoms with E-state index in [2.05, 4.69) is 34.2 Å². The van der Waals surface area contributed by atoms with Crippen LogP contribution in [0.5, 0.6) is 0 Å². The zero-order chi connectivity index (χ0) is 16.2. The van der Waals surface area contributed by atoms with Crippen molar-refractivity contribution in [3.05, 3.63) is 36.0 Å². The highest BCUT2D eigenvalue weighted by Crippen LogP contribution is 2.20. The number of hydrogen-bond acceptors (Lipinski definition) is 4. The Morgan fingerprint density at radius 2 is 1.83 bits per heavy atom. The summed E-state index contributed by atoms with van der Waals surface area (Å²) in [5.41, 5.74) is 1.94. The van der Waals surface area contributed by atoms with Crippen LogP contribution < -0.4 is 0 Å². The second-order valence-electron chi connectivity index (χ2n) is 6.37. The first kappa shape index (κ1) is 15.7. The van der Waals surface area contributed by atoms with E-state index in [1.165, 1.54) is 0 Å². The van der Waals surface area contributed by atoms with Gasteiger partial charge in [-0.3, -0.25) is 9.69 Å². The van der Waals surface area contributed by atoms with Crippen molar-refractivity contribution in [2.45, 2.75) is 13.8 Å². The molecular weight excluding hydrogens is 290 g/mol. The van der Waals surface area contributed by atoms with E-state index in [-0.39, 0.29) is 5.91 Å². The molecule has 122 valence electrons. The highest BCUT2D eigenvalue weighted by Gasteiger charge is 2.26. The van der Waals surface area contributed by atoms with Crippen LogP contribution in [0.25, 0.3) is 11.3 Å². The zero-order valence-corrected chi connectivity index (χ0v) is 13.7. The van der Waals surface area contributed by atoms with Crippen LogP contribution in [0.3, 0.4) is 0 Å². The molecule has 1 amide bonds. The van der Waals surface area contributed by atoms with Gasteiger partial charge < -0.3 is 4.90 Å². The fourth-order valence-electron chi connectivity index (χ4n) is 2.98. The largest absolute Gasteiger partial charge is 0.335 e. The number of piperazine rings is 1. The second-order valence-corrected chi connectivity index (χ2v) is 6.37. The molecule has 1 N–H and O–H groups in total. The second kappa shape index (κ2) is 6.91. The zero-order valence-electron chi connectivity index (χ0n) is 13.7. The summed E-state index contributed by atoms with van der Waals surface area (Å²) in [6.45, 7) is 8.85. The van der Waals surface area contributed by atoms with Crippen LogP contribution in [0.15, 0.2) is 30.3 Å². The third-order valence-corrected chi connectivity index (χ3v) is 4.08. The van der Waals surface area contributed by atoms with Crippen molar-refractivity contribution in [3.8, 4) is 11.3 Å². The molecule has 0 bridgehead atoms. The highest BCUT2D eigenvalue weighted by molar-refractivity contribution is 5.97. The van der Waals surface area contributed by atoms with Gasteiger partial charge >= 0.3 is 0 Å². The summed E-state index contributed by atoms with van der Waals surface area (Å²) < 4.78 is 0. The monoisotopic (exact) mass is 313 g/mol. The number of H-pyrrole nitrogens is 1. The average Bonchev–Trinajstić information content (AvgIpc) is 3.05. The molecular formula is C17H23N5O. The topological polar surface area (TPSA) is 65.1 Å². The maximum atomic E-state index is 12.8. The van der Waals surface area contributed by atoms with Gasteiger partial charge in [-0.2, -0.15) is 15.4 Å². The van der Waals surface area contributed by atoms with Crippen molar-refractivity contribution in [2.75, 3.05) is 32.7 Å². The van der Waals surface area contributed by atoms with Gasteiger partial charge in [-0.15, -0.1) is 0 Å². The SMILES string of the molecule is CC(C)CN1CCN(C(=O)c2n[nH]nc2-c2ccccc2)CC1. The van der Waals surface area contributed by atoms with Gasteiger partial charge in [0.15, 0.2) is 5.69 Å². The fraction of sp³-hybridized carbons (Fsp3) is 0.471. The predicted molar refractivity (Wildman–Crippen MR) is 89.0 cm³/mol. The van der Waals surface area contributed by atoms with Crippen molar-refractivity contribution in [1.29, 1.82) is 0 Å². The number of hydrogen-bond donors (Lipinski definition) is 1. The van der Waals surface area contributed by atoms with E-state index in [0.717, 1.165) is 38.3 Å². The smallest absolute Gasteiger partial charge is 0.276 e. The molecule has 1 aliphatic rings. The molecule has 0 unspecified atom stereocenters. The summed E-state index contributed by atoms with van der Waals surface area (Å²) in [6.07, 6.45) is 0. The van der Waals surface area contributed by atoms with Gasteiger partial charge in [0.1, 0.15) is 5.69 Å². The number of aromatic nitrogens is 3. The molecule has 3 rings (SSSR count). The molecule has 2 aromatic rings. The minimum atomic E-state index is -0.0400. The van der Waals surface area contributed by atoms with Crippen LogP contribution in [0.1, 0.15) is 24.3 Å². The number of carbonyl (C=O) groups excluding carboxylic acids is 1. The summed E-state index contributed by atoms with van der Waals surface area (Å²) in [5, 5.41) is 10.9. The number of nitrogens with zero attached hydrogens (tertiary/aromatic N) is 4. The minimum absolute atomic E-state index is 0.0400. The van der Waals surface area contributed by atoms with Crippen molar-refractivity contribution in [2.24, 2.45) is 5.92 Å². The molecule has 1 aromatic heterocycles. The Kier molecular flexibility index (Phi) is 4.71. The predicted octanol–water partition coefficient (Wildman–Crippen LogP) is 1.89. The molecule has 6 heteroatoms. The van der Waals surface area contributed by atoms with Crippen molar-refractivity contribution in [3.63, 3.8) is 0 Å². The molecule has 0 radical (unpaired) electrons. The third kappa shape index (κ3) is 3.59. The number of carbonyl (C=O) groups is 1. The Labute approximate surface area is 136 Å². The molecule has 1 aliphatic heterocycles. The quantitative estimate of drug-likeness (QED) is 0.936. The van der Waals surface area contributed by atoms with Crippen LogP contribution in [-0.4, -0.2) is 63.8 Å². The van der Waals surface area contributed by atoms with Crippen molar-refractivity contribution in [1.82, 2.24) is 25.2 Å². The highest BCUT2D eigenvalue weighted by atomic mass is 16.2. The standard InChI is InChI=1S/C17H23N5O/c1-13(2)12-21-8-10-22(11-9-21)17(23)16-15(18-20-19-16)14-6-4-3-5-7-14/h3-7,13H,8-12H2,1-2H3,(H,18,19,20). The maximum absolute atomic E-state index is 12.8. The van der Waals surface area contributed by atoms with Crippen molar-refractivity contribution >= 4 is 5.91 Å². The summed E-state index contributed by atoms with van der Waals surface area (Å²) >= 11 is 0. The molecule has 6 nitrogen and oxygen atoms in total. The number of rotatable bonds is 4. The van der Waals surface area contributed by atoms with Crippen LogP contribution in [0, 0.1) is 5.92 Å². The maximum Gasteiger partial charge on any atom is 0.276 e. The summed E-state index contributed by atoms with van der Waals surface area (Å²) in [6, 6.07) is 9.69. The molecule has 23 heavy (non-hydrogen) atoms. The number of benzene rings is 1. The van der Waals surface area contributed by atoms with E-state index in [4.69, 9.17) is 0 Å². The molecule has 1 saturated heterocycles. The Balaban J connectivity index is 1.70. The van der Waals surface area contributed by atoms with E-state index in [1.54, 1.807) is 0 Å². The van der Waals surface area contributed by atoms with E-state index in [1.807, 2.05) is 35.2 Å². The number of amides is 1. The Morgan fingerprint density at radius 1 is 1.13 bits per heavy atom. The number of nitrogens with one attached hydrogen (secondary N) is 1. The van der Waals surface area contributed by atoms with E-state index < -0.39 is 0 Å². The lowest BCUT2D eigenvalue weighted by Gasteiger charge is -2.35. The van der Waals surface area contributed by atoms with E-state index in [0.29, 0.717) is 17.3 Å². The van der Waals surface area contributed by atoms with Crippen molar-refractivity contribution < 1.29 is 4.79 Å². The summed E-state index contributed by atoms with van der Waals surface area (Å²) in [7, 11) is 0. The van der Waals surface area contributed by atoms with Crippen LogP contribution in [0.2, 0.25) is 0 Å². The minimum Gasteiger partial charge on any atom is -0.335 e. The summed E-state index contributed by atoms with van der Waals surface area (Å²) in [4.78, 5) is 17.1. The first-order chi connectivity index (χ1) is 11.1.